The zero-order valence-corrected chi connectivity index (χ0v) is 15.1. The van der Waals surface area contributed by atoms with Crippen LogP contribution in [0.5, 0.6) is 0 Å². The van der Waals surface area contributed by atoms with Crippen LogP contribution in [0.25, 0.3) is 10.6 Å². The van der Waals surface area contributed by atoms with Crippen molar-refractivity contribution >= 4 is 29.3 Å². The Morgan fingerprint density at radius 2 is 2.08 bits per heavy atom. The van der Waals surface area contributed by atoms with E-state index < -0.39 is 0 Å². The first-order valence-electron chi connectivity index (χ1n) is 8.66. The minimum atomic E-state index is -0.142. The Morgan fingerprint density at radius 1 is 1.27 bits per heavy atom. The maximum absolute atomic E-state index is 12.7. The highest BCUT2D eigenvalue weighted by atomic mass is 32.1. The number of rotatable bonds is 4. The predicted octanol–water partition coefficient (Wildman–Crippen LogP) is 2.25. The third kappa shape index (κ3) is 2.86. The summed E-state index contributed by atoms with van der Waals surface area (Å²) in [6.45, 7) is 2.61. The summed E-state index contributed by atoms with van der Waals surface area (Å²) in [5.74, 6) is 0.857. The van der Waals surface area contributed by atoms with Gasteiger partial charge in [-0.25, -0.2) is 9.97 Å². The predicted molar refractivity (Wildman–Crippen MR) is 103 cm³/mol. The number of nitrogens with zero attached hydrogens (tertiary/aromatic N) is 4. The molecule has 1 saturated heterocycles. The summed E-state index contributed by atoms with van der Waals surface area (Å²) in [6.07, 6.45) is 7.32. The van der Waals surface area contributed by atoms with Crippen LogP contribution in [0.1, 0.15) is 28.2 Å². The molecule has 4 heterocycles. The lowest BCUT2D eigenvalue weighted by Crippen LogP contribution is -2.37. The highest BCUT2D eigenvalue weighted by Gasteiger charge is 2.30. The number of carbonyl (C=O) groups is 1. The van der Waals surface area contributed by atoms with Crippen LogP contribution in [0.15, 0.2) is 30.2 Å². The van der Waals surface area contributed by atoms with Crippen LogP contribution in [-0.2, 0) is 6.42 Å². The Kier molecular flexibility index (Phi) is 4.42. The van der Waals surface area contributed by atoms with Gasteiger partial charge < -0.3 is 20.9 Å². The zero-order chi connectivity index (χ0) is 18.1. The van der Waals surface area contributed by atoms with Gasteiger partial charge in [-0.05, 0) is 25.0 Å². The van der Waals surface area contributed by atoms with Gasteiger partial charge in [-0.3, -0.25) is 4.79 Å². The first-order valence-corrected chi connectivity index (χ1v) is 9.48. The fourth-order valence-electron chi connectivity index (χ4n) is 3.36. The molecule has 0 aromatic carbocycles. The van der Waals surface area contributed by atoms with E-state index in [1.54, 1.807) is 0 Å². The molecule has 0 spiro atoms. The number of pyridine rings is 1. The number of aromatic nitrogens is 2. The van der Waals surface area contributed by atoms with Crippen LogP contribution >= 0.6 is 11.3 Å². The first-order chi connectivity index (χ1) is 12.7. The standard InChI is InChI=1S/C18H20N6OS/c19-9-13(10-20)24-8-5-14-16(18(24)25)26-17(22-14)12-3-4-15(21-11-12)23-6-1-2-7-23/h3-4,9-11,19H,1-2,5-8,20H2. The largest absolute Gasteiger partial charge is 0.403 e. The number of anilines is 1. The number of nitrogens with one attached hydrogen (secondary N) is 1. The molecule has 26 heavy (non-hydrogen) atoms. The van der Waals surface area contributed by atoms with E-state index in [2.05, 4.69) is 14.9 Å². The van der Waals surface area contributed by atoms with Crippen molar-refractivity contribution in [1.29, 1.82) is 5.41 Å². The van der Waals surface area contributed by atoms with Crippen molar-refractivity contribution in [2.75, 3.05) is 24.5 Å². The molecule has 0 unspecified atom stereocenters. The zero-order valence-electron chi connectivity index (χ0n) is 14.3. The Hall–Kier alpha value is -2.74. The molecule has 7 nitrogen and oxygen atoms in total. The monoisotopic (exact) mass is 368 g/mol. The van der Waals surface area contributed by atoms with Crippen molar-refractivity contribution in [2.45, 2.75) is 19.3 Å². The van der Waals surface area contributed by atoms with Crippen LogP contribution in [0.4, 0.5) is 5.82 Å². The lowest BCUT2D eigenvalue weighted by atomic mass is 10.1. The highest BCUT2D eigenvalue weighted by Crippen LogP contribution is 2.33. The van der Waals surface area contributed by atoms with Crippen molar-refractivity contribution in [3.05, 3.63) is 40.8 Å². The Morgan fingerprint density at radius 3 is 2.73 bits per heavy atom. The number of thiazole rings is 1. The average molecular weight is 368 g/mol. The Bertz CT molecular complexity index is 866. The molecule has 2 aliphatic rings. The number of hydrogen-bond acceptors (Lipinski definition) is 7. The third-order valence-corrected chi connectivity index (χ3v) is 5.90. The van der Waals surface area contributed by atoms with E-state index in [4.69, 9.17) is 11.1 Å². The minimum absolute atomic E-state index is 0.142. The van der Waals surface area contributed by atoms with Crippen molar-refractivity contribution < 1.29 is 4.79 Å². The number of carbonyl (C=O) groups excluding carboxylic acids is 1. The van der Waals surface area contributed by atoms with Crippen molar-refractivity contribution in [3.8, 4) is 10.6 Å². The van der Waals surface area contributed by atoms with Gasteiger partial charge >= 0.3 is 0 Å². The van der Waals surface area contributed by atoms with Gasteiger partial charge in [0.05, 0.1) is 11.4 Å². The molecule has 0 saturated carbocycles. The molecule has 0 bridgehead atoms. The lowest BCUT2D eigenvalue weighted by molar-refractivity contribution is 0.0805. The molecule has 8 heteroatoms. The second-order valence-corrected chi connectivity index (χ2v) is 7.34. The Balaban J connectivity index is 1.60. The van der Waals surface area contributed by atoms with Crippen LogP contribution < -0.4 is 10.6 Å². The Labute approximate surface area is 155 Å². The molecule has 0 atom stereocenters. The number of allylic oxidation sites excluding steroid dienone is 1. The normalized spacial score (nSPS) is 17.5. The van der Waals surface area contributed by atoms with Gasteiger partial charge in [-0.1, -0.05) is 0 Å². The maximum atomic E-state index is 12.7. The van der Waals surface area contributed by atoms with Crippen LogP contribution in [0.3, 0.4) is 0 Å². The molecule has 1 fully saturated rings. The summed E-state index contributed by atoms with van der Waals surface area (Å²) in [5.41, 5.74) is 7.68. The number of amides is 1. The number of fused-ring (bicyclic) bond motifs is 1. The van der Waals surface area contributed by atoms with E-state index in [0.717, 1.165) is 41.4 Å². The topological polar surface area (TPSA) is 99.2 Å². The summed E-state index contributed by atoms with van der Waals surface area (Å²) in [7, 11) is 0. The summed E-state index contributed by atoms with van der Waals surface area (Å²) in [6, 6.07) is 4.05. The van der Waals surface area contributed by atoms with Crippen molar-refractivity contribution in [2.24, 2.45) is 5.73 Å². The van der Waals surface area contributed by atoms with Gasteiger partial charge in [0.2, 0.25) is 0 Å². The average Bonchev–Trinajstić information content (AvgIpc) is 3.35. The molecule has 1 amide bonds. The van der Waals surface area contributed by atoms with E-state index in [0.29, 0.717) is 23.5 Å². The van der Waals surface area contributed by atoms with E-state index in [9.17, 15) is 4.79 Å². The molecule has 2 aromatic heterocycles. The number of nitrogens with two attached hydrogens (primary N) is 1. The summed E-state index contributed by atoms with van der Waals surface area (Å²) < 4.78 is 0. The third-order valence-electron chi connectivity index (χ3n) is 4.76. The van der Waals surface area contributed by atoms with Gasteiger partial charge in [-0.2, -0.15) is 0 Å². The van der Waals surface area contributed by atoms with E-state index in [-0.39, 0.29) is 5.91 Å². The SMILES string of the molecule is N=CC(=CN)N1CCc2nc(-c3ccc(N4CCCC4)nc3)sc2C1=O. The molecular formula is C18H20N6OS. The van der Waals surface area contributed by atoms with Crippen molar-refractivity contribution in [1.82, 2.24) is 14.9 Å². The number of hydrogen-bond donors (Lipinski definition) is 2. The second-order valence-electron chi connectivity index (χ2n) is 6.34. The van der Waals surface area contributed by atoms with Gasteiger partial charge in [-0.15, -0.1) is 11.3 Å². The van der Waals surface area contributed by atoms with E-state index in [1.807, 2.05) is 18.3 Å². The summed E-state index contributed by atoms with van der Waals surface area (Å²) in [5, 5.41) is 8.21. The second kappa shape index (κ2) is 6.87. The minimum Gasteiger partial charge on any atom is -0.403 e. The molecule has 3 N–H and O–H groups in total. The van der Waals surface area contributed by atoms with E-state index in [1.165, 1.54) is 35.3 Å². The summed E-state index contributed by atoms with van der Waals surface area (Å²) >= 11 is 1.38. The van der Waals surface area contributed by atoms with Gasteiger partial charge in [0, 0.05) is 50.2 Å². The van der Waals surface area contributed by atoms with Gasteiger partial charge in [0.25, 0.3) is 5.91 Å². The van der Waals surface area contributed by atoms with E-state index >= 15 is 0 Å². The molecule has 4 rings (SSSR count). The van der Waals surface area contributed by atoms with Crippen LogP contribution in [0, 0.1) is 5.41 Å². The van der Waals surface area contributed by atoms with Crippen LogP contribution in [-0.4, -0.2) is 46.6 Å². The highest BCUT2D eigenvalue weighted by molar-refractivity contribution is 7.17. The van der Waals surface area contributed by atoms with Gasteiger partial charge in [0.1, 0.15) is 15.7 Å². The lowest BCUT2D eigenvalue weighted by Gasteiger charge is -2.25. The quantitative estimate of drug-likeness (QED) is 0.807. The van der Waals surface area contributed by atoms with Gasteiger partial charge in [0.15, 0.2) is 0 Å². The molecule has 2 aromatic rings. The fourth-order valence-corrected chi connectivity index (χ4v) is 4.41. The van der Waals surface area contributed by atoms with Crippen molar-refractivity contribution in [3.63, 3.8) is 0 Å². The molecule has 0 radical (unpaired) electrons. The first kappa shape index (κ1) is 16.7. The molecule has 0 aliphatic carbocycles. The fraction of sp³-hybridized carbons (Fsp3) is 0.333. The summed E-state index contributed by atoms with van der Waals surface area (Å²) in [4.78, 5) is 26.4. The van der Waals surface area contributed by atoms with Crippen LogP contribution in [0.2, 0.25) is 0 Å². The molecular weight excluding hydrogens is 348 g/mol. The molecule has 2 aliphatic heterocycles. The maximum Gasteiger partial charge on any atom is 0.270 e. The molecule has 134 valence electrons. The smallest absolute Gasteiger partial charge is 0.270 e.